The lowest BCUT2D eigenvalue weighted by Crippen LogP contribution is -2.48. The number of ether oxygens (including phenoxy) is 1. The Hall–Kier alpha value is -3.28. The van der Waals surface area contributed by atoms with Gasteiger partial charge in [-0.1, -0.05) is 30.3 Å². The third-order valence-electron chi connectivity index (χ3n) is 6.88. The van der Waals surface area contributed by atoms with Crippen LogP contribution < -0.4 is 5.32 Å². The van der Waals surface area contributed by atoms with E-state index in [0.29, 0.717) is 44.8 Å². The second-order valence-electron chi connectivity index (χ2n) is 9.82. The van der Waals surface area contributed by atoms with Gasteiger partial charge in [0.2, 0.25) is 5.91 Å². The fraction of sp³-hybridized carbons (Fsp3) is 0.481. The maximum atomic E-state index is 13.1. The highest BCUT2D eigenvalue weighted by Gasteiger charge is 2.29. The fourth-order valence-corrected chi connectivity index (χ4v) is 5.21. The molecule has 3 aromatic rings. The zero-order valence-electron chi connectivity index (χ0n) is 22.1. The molecule has 0 unspecified atom stereocenters. The van der Waals surface area contributed by atoms with Gasteiger partial charge < -0.3 is 25.0 Å². The number of thiophene rings is 1. The number of benzene rings is 1. The Labute approximate surface area is 227 Å². The number of nitrogens with zero attached hydrogens (tertiary/aromatic N) is 5. The number of aromatic nitrogens is 3. The van der Waals surface area contributed by atoms with Crippen LogP contribution >= 0.6 is 11.3 Å². The van der Waals surface area contributed by atoms with Crippen molar-refractivity contribution in [2.75, 3.05) is 32.1 Å². The molecule has 10 nitrogen and oxygen atoms in total. The average Bonchev–Trinajstić information content (AvgIpc) is 3.61. The molecule has 2 aromatic heterocycles. The van der Waals surface area contributed by atoms with Gasteiger partial charge in [0, 0.05) is 49.6 Å². The average molecular weight is 541 g/mol. The highest BCUT2D eigenvalue weighted by Crippen LogP contribution is 2.26. The van der Waals surface area contributed by atoms with Gasteiger partial charge >= 0.3 is 6.03 Å². The predicted molar refractivity (Wildman–Crippen MR) is 147 cm³/mol. The minimum absolute atomic E-state index is 0.0171. The number of anilines is 1. The molecule has 0 spiro atoms. The van der Waals surface area contributed by atoms with Crippen molar-refractivity contribution in [3.05, 3.63) is 53.7 Å². The Balaban J connectivity index is 1.45. The van der Waals surface area contributed by atoms with Crippen LogP contribution in [0.25, 0.3) is 10.4 Å². The van der Waals surface area contributed by atoms with Crippen LogP contribution in [0.4, 0.5) is 10.5 Å². The number of aliphatic hydroxyl groups excluding tert-OH is 1. The summed E-state index contributed by atoms with van der Waals surface area (Å²) in [5.41, 5.74) is 2.64. The van der Waals surface area contributed by atoms with E-state index >= 15 is 0 Å². The van der Waals surface area contributed by atoms with Crippen molar-refractivity contribution in [1.29, 1.82) is 0 Å². The summed E-state index contributed by atoms with van der Waals surface area (Å²) < 4.78 is 8.07. The largest absolute Gasteiger partial charge is 0.394 e. The van der Waals surface area contributed by atoms with Crippen molar-refractivity contribution in [2.45, 2.75) is 52.0 Å². The summed E-state index contributed by atoms with van der Waals surface area (Å²) in [6.07, 6.45) is 2.29. The second-order valence-corrected chi connectivity index (χ2v) is 10.8. The van der Waals surface area contributed by atoms with E-state index in [1.807, 2.05) is 49.6 Å². The van der Waals surface area contributed by atoms with Crippen molar-refractivity contribution >= 4 is 29.0 Å². The smallest absolute Gasteiger partial charge is 0.321 e. The molecule has 11 heteroatoms. The van der Waals surface area contributed by atoms with Gasteiger partial charge in [0.05, 0.1) is 37.3 Å². The first-order valence-corrected chi connectivity index (χ1v) is 13.8. The molecule has 1 aliphatic heterocycles. The van der Waals surface area contributed by atoms with E-state index in [1.54, 1.807) is 39.1 Å². The number of amides is 3. The Bertz CT molecular complexity index is 1180. The molecule has 0 radical (unpaired) electrons. The third-order valence-corrected chi connectivity index (χ3v) is 7.80. The molecule has 0 saturated heterocycles. The molecular formula is C27H36N6O4S. The Morgan fingerprint density at radius 2 is 2.11 bits per heavy atom. The first-order chi connectivity index (χ1) is 18.4. The molecule has 3 heterocycles. The van der Waals surface area contributed by atoms with Crippen LogP contribution in [0.15, 0.2) is 48.0 Å². The van der Waals surface area contributed by atoms with E-state index in [9.17, 15) is 14.7 Å². The number of fused-ring (bicyclic) bond motifs is 1. The SMILES string of the molecule is C[C@H](CO)N1C[C@H](C)[C@@H](CN(C)C(=O)Nc2ccc(-c3cccs3)cc2)OCc2cnnn2CCCC1=O. The van der Waals surface area contributed by atoms with Crippen molar-refractivity contribution in [3.8, 4) is 10.4 Å². The van der Waals surface area contributed by atoms with Gasteiger partial charge in [-0.3, -0.25) is 4.79 Å². The first kappa shape index (κ1) is 27.7. The van der Waals surface area contributed by atoms with Crippen LogP contribution in [-0.4, -0.2) is 80.7 Å². The fourth-order valence-electron chi connectivity index (χ4n) is 4.48. The number of nitrogens with one attached hydrogen (secondary N) is 1. The quantitative estimate of drug-likeness (QED) is 0.493. The van der Waals surface area contributed by atoms with E-state index in [-0.39, 0.29) is 36.6 Å². The molecule has 4 rings (SSSR count). The van der Waals surface area contributed by atoms with Gasteiger partial charge in [-0.2, -0.15) is 0 Å². The molecule has 204 valence electrons. The number of likely N-dealkylation sites (N-methyl/N-ethyl adjacent to an activating group) is 1. The van der Waals surface area contributed by atoms with Crippen LogP contribution in [0.1, 0.15) is 32.4 Å². The number of carbonyl (C=O) groups excluding carboxylic acids is 2. The molecule has 2 N–H and O–H groups in total. The van der Waals surface area contributed by atoms with Gasteiger partial charge in [0.25, 0.3) is 0 Å². The number of hydrogen-bond donors (Lipinski definition) is 2. The molecule has 38 heavy (non-hydrogen) atoms. The molecule has 0 bridgehead atoms. The minimum atomic E-state index is -0.365. The predicted octanol–water partition coefficient (Wildman–Crippen LogP) is 3.70. The van der Waals surface area contributed by atoms with Gasteiger partial charge in [-0.15, -0.1) is 16.4 Å². The van der Waals surface area contributed by atoms with Crippen molar-refractivity contribution in [2.24, 2.45) is 5.92 Å². The number of hydrogen-bond acceptors (Lipinski definition) is 7. The summed E-state index contributed by atoms with van der Waals surface area (Å²) in [4.78, 5) is 30.6. The summed E-state index contributed by atoms with van der Waals surface area (Å²) in [6.45, 7) is 5.31. The number of rotatable bonds is 6. The van der Waals surface area contributed by atoms with E-state index < -0.39 is 0 Å². The lowest BCUT2D eigenvalue weighted by atomic mass is 10.0. The maximum absolute atomic E-state index is 13.1. The number of aryl methyl sites for hydroxylation is 1. The number of urea groups is 1. The van der Waals surface area contributed by atoms with E-state index in [0.717, 1.165) is 11.3 Å². The van der Waals surface area contributed by atoms with E-state index in [1.165, 1.54) is 4.88 Å². The zero-order valence-corrected chi connectivity index (χ0v) is 22.9. The normalized spacial score (nSPS) is 19.7. The Morgan fingerprint density at radius 3 is 2.82 bits per heavy atom. The molecule has 1 aromatic carbocycles. The summed E-state index contributed by atoms with van der Waals surface area (Å²) in [7, 11) is 1.73. The molecule has 0 aliphatic carbocycles. The molecule has 0 saturated carbocycles. The lowest BCUT2D eigenvalue weighted by molar-refractivity contribution is -0.136. The van der Waals surface area contributed by atoms with E-state index in [2.05, 4.69) is 21.7 Å². The van der Waals surface area contributed by atoms with Crippen LogP contribution in [0.5, 0.6) is 0 Å². The summed E-state index contributed by atoms with van der Waals surface area (Å²) in [5.74, 6) is -0.117. The van der Waals surface area contributed by atoms with E-state index in [4.69, 9.17) is 4.74 Å². The second kappa shape index (κ2) is 13.0. The minimum Gasteiger partial charge on any atom is -0.394 e. The van der Waals surface area contributed by atoms with Crippen LogP contribution in [-0.2, 0) is 22.7 Å². The Kier molecular flexibility index (Phi) is 9.48. The maximum Gasteiger partial charge on any atom is 0.321 e. The molecule has 3 atom stereocenters. The topological polar surface area (TPSA) is 113 Å². The summed E-state index contributed by atoms with van der Waals surface area (Å²) >= 11 is 1.67. The number of aliphatic hydroxyl groups is 1. The van der Waals surface area contributed by atoms with Crippen molar-refractivity contribution in [1.82, 2.24) is 24.8 Å². The lowest BCUT2D eigenvalue weighted by Gasteiger charge is -2.35. The molecule has 1 aliphatic rings. The highest BCUT2D eigenvalue weighted by atomic mass is 32.1. The Morgan fingerprint density at radius 1 is 1.32 bits per heavy atom. The molecule has 3 amide bonds. The van der Waals surface area contributed by atoms with Crippen LogP contribution in [0.2, 0.25) is 0 Å². The third kappa shape index (κ3) is 6.97. The highest BCUT2D eigenvalue weighted by molar-refractivity contribution is 7.13. The van der Waals surface area contributed by atoms with Crippen molar-refractivity contribution in [3.63, 3.8) is 0 Å². The molecular weight excluding hydrogens is 504 g/mol. The number of carbonyl (C=O) groups is 2. The van der Waals surface area contributed by atoms with Gasteiger partial charge in [0.15, 0.2) is 0 Å². The molecule has 0 fully saturated rings. The monoisotopic (exact) mass is 540 g/mol. The van der Waals surface area contributed by atoms with Crippen molar-refractivity contribution < 1.29 is 19.4 Å². The van der Waals surface area contributed by atoms with Gasteiger partial charge in [-0.25, -0.2) is 9.48 Å². The first-order valence-electron chi connectivity index (χ1n) is 12.9. The van der Waals surface area contributed by atoms with Gasteiger partial charge in [0.1, 0.15) is 0 Å². The van der Waals surface area contributed by atoms with Crippen LogP contribution in [0.3, 0.4) is 0 Å². The van der Waals surface area contributed by atoms with Gasteiger partial charge in [-0.05, 0) is 42.5 Å². The zero-order chi connectivity index (χ0) is 27.1. The summed E-state index contributed by atoms with van der Waals surface area (Å²) in [5, 5.41) is 22.9. The standard InChI is InChI=1S/C27H36N6O4S/c1-19-15-32(20(2)17-34)26(35)7-4-12-33-23(14-28-30-33)18-37-24(19)16-31(3)27(36)29-22-10-8-21(9-11-22)25-6-5-13-38-25/h5-6,8-11,13-14,19-20,24,34H,4,7,12,15-18H2,1-3H3,(H,29,36)/t19-,20+,24+/m0/s1. The summed E-state index contributed by atoms with van der Waals surface area (Å²) in [6, 6.07) is 11.3. The van der Waals surface area contributed by atoms with Crippen LogP contribution in [0, 0.1) is 5.92 Å².